The number of thioether (sulfide) groups is 2. The summed E-state index contributed by atoms with van der Waals surface area (Å²) in [4.78, 5) is -2.15. The van der Waals surface area contributed by atoms with E-state index in [2.05, 4.69) is 0 Å². The van der Waals surface area contributed by atoms with Crippen LogP contribution in [0.1, 0.15) is 0 Å². The largest absolute Gasteiger partial charge is 0.203 e. The normalized spacial score (nSPS) is 11.2. The summed E-state index contributed by atoms with van der Waals surface area (Å²) >= 11 is 0.612. The molecule has 0 aliphatic rings. The van der Waals surface area contributed by atoms with Crippen LogP contribution in [-0.2, 0) is 0 Å². The molecule has 0 aromatic heterocycles. The Morgan fingerprint density at radius 2 is 0.625 bits per heavy atom. The zero-order chi connectivity index (χ0) is 18.3. The minimum atomic E-state index is -2.16. The van der Waals surface area contributed by atoms with Gasteiger partial charge >= 0.3 is 0 Å². The number of hydrogen-bond donors (Lipinski definition) is 0. The summed E-state index contributed by atoms with van der Waals surface area (Å²) < 4.78 is 111. The van der Waals surface area contributed by atoms with E-state index in [0.717, 1.165) is 12.5 Å². The fraction of sp³-hybridized carbons (Fsp3) is 0.143. The van der Waals surface area contributed by atoms with E-state index in [4.69, 9.17) is 0 Å². The average molecular weight is 390 g/mol. The second-order valence-electron chi connectivity index (χ2n) is 4.33. The summed E-state index contributed by atoms with van der Waals surface area (Å²) in [7, 11) is 0. The van der Waals surface area contributed by atoms with Gasteiger partial charge in [0.25, 0.3) is 0 Å². The highest BCUT2D eigenvalue weighted by Gasteiger charge is 2.33. The molecular weight excluding hydrogens is 384 g/mol. The molecule has 2 aromatic rings. The number of rotatable bonds is 3. The Labute approximate surface area is 139 Å². The van der Waals surface area contributed by atoms with Gasteiger partial charge in [0, 0.05) is 0 Å². The first kappa shape index (κ1) is 18.9. The molecule has 0 nitrogen and oxygen atoms in total. The summed E-state index contributed by atoms with van der Waals surface area (Å²) in [5, 5.41) is 0. The molecule has 0 spiro atoms. The standard InChI is InChI=1S/C14H6F8S2/c1-23-13-9(19)5(15)3(6(16)10(13)20)4-7(17)11(21)14(24-2)12(22)8(4)18/h1-2H3. The SMILES string of the molecule is CSc1c(F)c(F)c(-c2c(F)c(F)c(SC)c(F)c2F)c(F)c1F. The Hall–Kier alpha value is -1.42. The highest BCUT2D eigenvalue weighted by molar-refractivity contribution is 7.98. The Morgan fingerprint density at radius 3 is 0.792 bits per heavy atom. The zero-order valence-corrected chi connectivity index (χ0v) is 13.5. The molecule has 0 bridgehead atoms. The molecular formula is C14H6F8S2. The fourth-order valence-corrected chi connectivity index (χ4v) is 3.10. The van der Waals surface area contributed by atoms with Gasteiger partial charge in [0.05, 0.1) is 20.9 Å². The number of hydrogen-bond acceptors (Lipinski definition) is 2. The third-order valence-electron chi connectivity index (χ3n) is 3.10. The van der Waals surface area contributed by atoms with Gasteiger partial charge in [-0.3, -0.25) is 0 Å². The molecule has 24 heavy (non-hydrogen) atoms. The van der Waals surface area contributed by atoms with Crippen LogP contribution in [0.5, 0.6) is 0 Å². The minimum absolute atomic E-state index is 0.306. The lowest BCUT2D eigenvalue weighted by atomic mass is 10.0. The first-order chi connectivity index (χ1) is 11.2. The molecule has 0 aliphatic heterocycles. The molecule has 0 fully saturated rings. The minimum Gasteiger partial charge on any atom is -0.203 e. The Kier molecular flexibility index (Phi) is 5.38. The van der Waals surface area contributed by atoms with Gasteiger partial charge in [0.15, 0.2) is 46.5 Å². The summed E-state index contributed by atoms with van der Waals surface area (Å²) in [5.41, 5.74) is -3.72. The van der Waals surface area contributed by atoms with Gasteiger partial charge < -0.3 is 0 Å². The lowest BCUT2D eigenvalue weighted by molar-refractivity contribution is 0.415. The maximum absolute atomic E-state index is 14.0. The van der Waals surface area contributed by atoms with Crippen LogP contribution in [0.25, 0.3) is 11.1 Å². The van der Waals surface area contributed by atoms with Crippen LogP contribution in [-0.4, -0.2) is 12.5 Å². The van der Waals surface area contributed by atoms with Crippen molar-refractivity contribution < 1.29 is 35.1 Å². The van der Waals surface area contributed by atoms with Gasteiger partial charge in [-0.05, 0) is 12.5 Å². The van der Waals surface area contributed by atoms with E-state index >= 15 is 0 Å². The molecule has 10 heteroatoms. The lowest BCUT2D eigenvalue weighted by Gasteiger charge is -2.14. The summed E-state index contributed by atoms with van der Waals surface area (Å²) in [6, 6.07) is 0. The molecule has 2 rings (SSSR count). The average Bonchev–Trinajstić information content (AvgIpc) is 2.55. The highest BCUT2D eigenvalue weighted by atomic mass is 32.2. The van der Waals surface area contributed by atoms with Crippen molar-refractivity contribution in [2.45, 2.75) is 9.79 Å². The second-order valence-corrected chi connectivity index (χ2v) is 5.96. The molecule has 0 radical (unpaired) electrons. The molecule has 0 atom stereocenters. The lowest BCUT2D eigenvalue weighted by Crippen LogP contribution is -2.08. The third-order valence-corrected chi connectivity index (χ3v) is 4.64. The Balaban J connectivity index is 2.99. The number of benzene rings is 2. The van der Waals surface area contributed by atoms with Gasteiger partial charge in [-0.2, -0.15) is 0 Å². The van der Waals surface area contributed by atoms with Crippen LogP contribution >= 0.6 is 23.5 Å². The number of halogens is 8. The molecule has 0 heterocycles. The van der Waals surface area contributed by atoms with E-state index in [1.54, 1.807) is 0 Å². The van der Waals surface area contributed by atoms with Crippen molar-refractivity contribution in [1.29, 1.82) is 0 Å². The monoisotopic (exact) mass is 390 g/mol. The van der Waals surface area contributed by atoms with Gasteiger partial charge in [-0.1, -0.05) is 0 Å². The van der Waals surface area contributed by atoms with Crippen LogP contribution in [0.15, 0.2) is 9.79 Å². The molecule has 0 saturated carbocycles. The van der Waals surface area contributed by atoms with Gasteiger partial charge in [-0.15, -0.1) is 23.5 Å². The molecule has 0 saturated heterocycles. The maximum Gasteiger partial charge on any atom is 0.176 e. The van der Waals surface area contributed by atoms with Crippen LogP contribution in [0.3, 0.4) is 0 Å². The van der Waals surface area contributed by atoms with Crippen molar-refractivity contribution in [2.24, 2.45) is 0 Å². The van der Waals surface area contributed by atoms with Crippen LogP contribution in [0, 0.1) is 46.5 Å². The first-order valence-electron chi connectivity index (χ1n) is 5.99. The fourth-order valence-electron chi connectivity index (χ4n) is 2.02. The smallest absolute Gasteiger partial charge is 0.176 e. The summed E-state index contributed by atoms with van der Waals surface area (Å²) in [6.07, 6.45) is 2.21. The molecule has 2 aromatic carbocycles. The van der Waals surface area contributed by atoms with Crippen molar-refractivity contribution >= 4 is 23.5 Å². The van der Waals surface area contributed by atoms with Gasteiger partial charge in [0.1, 0.15) is 0 Å². The maximum atomic E-state index is 14.0. The topological polar surface area (TPSA) is 0 Å². The summed E-state index contributed by atoms with van der Waals surface area (Å²) in [6.45, 7) is 0. The van der Waals surface area contributed by atoms with Gasteiger partial charge in [-0.25, -0.2) is 35.1 Å². The predicted molar refractivity (Wildman–Crippen MR) is 75.1 cm³/mol. The van der Waals surface area contributed by atoms with Crippen molar-refractivity contribution in [3.05, 3.63) is 46.5 Å². The van der Waals surface area contributed by atoms with E-state index in [9.17, 15) is 35.1 Å². The highest BCUT2D eigenvalue weighted by Crippen LogP contribution is 2.41. The van der Waals surface area contributed by atoms with E-state index in [-0.39, 0.29) is 0 Å². The van der Waals surface area contributed by atoms with E-state index in [1.807, 2.05) is 0 Å². The van der Waals surface area contributed by atoms with Crippen LogP contribution in [0.2, 0.25) is 0 Å². The van der Waals surface area contributed by atoms with Gasteiger partial charge in [0.2, 0.25) is 0 Å². The zero-order valence-electron chi connectivity index (χ0n) is 11.8. The van der Waals surface area contributed by atoms with Crippen molar-refractivity contribution in [3.8, 4) is 11.1 Å². The quantitative estimate of drug-likeness (QED) is 0.363. The van der Waals surface area contributed by atoms with E-state index in [1.165, 1.54) is 0 Å². The summed E-state index contributed by atoms with van der Waals surface area (Å²) in [5.74, 6) is -16.3. The molecule has 0 unspecified atom stereocenters. The predicted octanol–water partition coefficient (Wildman–Crippen LogP) is 5.91. The molecule has 130 valence electrons. The molecule has 0 amide bonds. The Morgan fingerprint density at radius 1 is 0.417 bits per heavy atom. The second kappa shape index (κ2) is 6.83. The van der Waals surface area contributed by atoms with E-state index < -0.39 is 67.5 Å². The Bertz CT molecular complexity index is 707. The first-order valence-corrected chi connectivity index (χ1v) is 8.44. The third kappa shape index (κ3) is 2.65. The van der Waals surface area contributed by atoms with Crippen molar-refractivity contribution in [1.82, 2.24) is 0 Å². The van der Waals surface area contributed by atoms with Crippen LogP contribution < -0.4 is 0 Å². The van der Waals surface area contributed by atoms with Crippen molar-refractivity contribution in [3.63, 3.8) is 0 Å². The molecule has 0 aliphatic carbocycles. The van der Waals surface area contributed by atoms with E-state index in [0.29, 0.717) is 23.5 Å². The van der Waals surface area contributed by atoms with Crippen molar-refractivity contribution in [2.75, 3.05) is 12.5 Å². The molecule has 0 N–H and O–H groups in total. The van der Waals surface area contributed by atoms with Crippen LogP contribution in [0.4, 0.5) is 35.1 Å².